The molecule has 0 radical (unpaired) electrons. The van der Waals surface area contributed by atoms with Crippen molar-refractivity contribution in [3.63, 3.8) is 0 Å². The van der Waals surface area contributed by atoms with Gasteiger partial charge in [0.25, 0.3) is 11.5 Å². The molecule has 0 spiro atoms. The maximum Gasteiger partial charge on any atom is 0.261 e. The molecule has 6 nitrogen and oxygen atoms in total. The Morgan fingerprint density at radius 1 is 1.26 bits per heavy atom. The van der Waals surface area contributed by atoms with Crippen molar-refractivity contribution in [3.8, 4) is 0 Å². The number of likely N-dealkylation sites (tertiary alicyclic amines) is 1. The Morgan fingerprint density at radius 3 is 3.00 bits per heavy atom. The van der Waals surface area contributed by atoms with E-state index < -0.39 is 0 Å². The number of nitrogens with zero attached hydrogens (tertiary/aromatic N) is 2. The van der Waals surface area contributed by atoms with E-state index in [-0.39, 0.29) is 23.1 Å². The average molecular weight is 312 g/mol. The fraction of sp³-hybridized carbons (Fsp3) is 0.471. The van der Waals surface area contributed by atoms with Crippen molar-refractivity contribution in [2.75, 3.05) is 6.54 Å². The van der Waals surface area contributed by atoms with Crippen molar-refractivity contribution < 1.29 is 4.79 Å². The first-order valence-corrected chi connectivity index (χ1v) is 8.29. The molecule has 1 fully saturated rings. The van der Waals surface area contributed by atoms with Crippen LogP contribution < -0.4 is 5.56 Å². The zero-order chi connectivity index (χ0) is 15.8. The zero-order valence-electron chi connectivity index (χ0n) is 13.0. The van der Waals surface area contributed by atoms with Gasteiger partial charge < -0.3 is 9.88 Å². The first kappa shape index (κ1) is 14.2. The van der Waals surface area contributed by atoms with Gasteiger partial charge in [-0.25, -0.2) is 0 Å². The highest BCUT2D eigenvalue weighted by atomic mass is 16.2. The van der Waals surface area contributed by atoms with Crippen molar-refractivity contribution in [1.29, 1.82) is 0 Å². The number of aryl methyl sites for hydroxylation is 2. The van der Waals surface area contributed by atoms with Crippen molar-refractivity contribution in [2.45, 2.75) is 44.6 Å². The van der Waals surface area contributed by atoms with Gasteiger partial charge in [-0.3, -0.25) is 14.7 Å². The molecule has 4 rings (SSSR count). The number of H-pyrrole nitrogens is 2. The van der Waals surface area contributed by atoms with Crippen LogP contribution >= 0.6 is 0 Å². The van der Waals surface area contributed by atoms with Gasteiger partial charge in [0.15, 0.2) is 0 Å². The molecular weight excluding hydrogens is 292 g/mol. The molecule has 1 unspecified atom stereocenters. The number of rotatable bonds is 2. The van der Waals surface area contributed by atoms with Crippen molar-refractivity contribution in [1.82, 2.24) is 20.1 Å². The lowest BCUT2D eigenvalue weighted by molar-refractivity contribution is 0.0604. The lowest BCUT2D eigenvalue weighted by Gasteiger charge is -2.35. The van der Waals surface area contributed by atoms with E-state index in [2.05, 4.69) is 15.2 Å². The predicted octanol–water partition coefficient (Wildman–Crippen LogP) is 1.95. The fourth-order valence-electron chi connectivity index (χ4n) is 3.78. The highest BCUT2D eigenvalue weighted by Crippen LogP contribution is 2.31. The summed E-state index contributed by atoms with van der Waals surface area (Å²) in [6.07, 6.45) is 7.54. The average Bonchev–Trinajstić information content (AvgIpc) is 3.24. The van der Waals surface area contributed by atoms with Gasteiger partial charge in [0, 0.05) is 18.4 Å². The number of aromatic nitrogens is 3. The second kappa shape index (κ2) is 5.68. The summed E-state index contributed by atoms with van der Waals surface area (Å²) in [5, 5.41) is 6.97. The van der Waals surface area contributed by atoms with Crippen LogP contribution in [0.2, 0.25) is 0 Å². The van der Waals surface area contributed by atoms with E-state index in [4.69, 9.17) is 0 Å². The number of fused-ring (bicyclic) bond motifs is 1. The third-order valence-corrected chi connectivity index (χ3v) is 4.96. The van der Waals surface area contributed by atoms with E-state index >= 15 is 0 Å². The second-order valence-electron chi connectivity index (χ2n) is 6.39. The van der Waals surface area contributed by atoms with Crippen LogP contribution in [0.5, 0.6) is 0 Å². The number of hydrogen-bond donors (Lipinski definition) is 2. The molecule has 3 heterocycles. The molecule has 23 heavy (non-hydrogen) atoms. The molecule has 120 valence electrons. The van der Waals surface area contributed by atoms with Gasteiger partial charge in [0.1, 0.15) is 5.56 Å². The molecule has 2 N–H and O–H groups in total. The molecular formula is C17H20N4O2. The van der Waals surface area contributed by atoms with E-state index in [0.717, 1.165) is 55.5 Å². The molecule has 1 aliphatic carbocycles. The number of pyridine rings is 1. The Labute approximate surface area is 133 Å². The van der Waals surface area contributed by atoms with Crippen molar-refractivity contribution in [2.24, 2.45) is 0 Å². The summed E-state index contributed by atoms with van der Waals surface area (Å²) in [4.78, 5) is 30.1. The standard InChI is InChI=1S/C17H20N4O2/c22-16-12(10-11-4-3-5-13(11)19-16)17(23)21-9-2-1-6-15(21)14-7-8-18-20-14/h7-8,10,15H,1-6,9H2,(H,18,20)(H,19,22). The summed E-state index contributed by atoms with van der Waals surface area (Å²) >= 11 is 0. The minimum absolute atomic E-state index is 0.0218. The Bertz CT molecular complexity index is 778. The van der Waals surface area contributed by atoms with Crippen LogP contribution in [0.3, 0.4) is 0 Å². The first-order chi connectivity index (χ1) is 11.2. The number of amides is 1. The van der Waals surface area contributed by atoms with E-state index in [0.29, 0.717) is 6.54 Å². The topological polar surface area (TPSA) is 81.8 Å². The molecule has 0 saturated carbocycles. The second-order valence-corrected chi connectivity index (χ2v) is 6.39. The van der Waals surface area contributed by atoms with Gasteiger partial charge in [0.2, 0.25) is 0 Å². The maximum atomic E-state index is 13.0. The zero-order valence-corrected chi connectivity index (χ0v) is 13.0. The SMILES string of the molecule is O=C(c1cc2c([nH]c1=O)CCC2)N1CCCCC1c1ccn[nH]1. The minimum Gasteiger partial charge on any atom is -0.330 e. The number of aromatic amines is 2. The molecule has 2 aromatic rings. The van der Waals surface area contributed by atoms with Crippen LogP contribution in [0.15, 0.2) is 23.1 Å². The monoisotopic (exact) mass is 312 g/mol. The number of nitrogens with one attached hydrogen (secondary N) is 2. The van der Waals surface area contributed by atoms with Crippen LogP contribution in [0.4, 0.5) is 0 Å². The van der Waals surface area contributed by atoms with Crippen LogP contribution in [0, 0.1) is 0 Å². The van der Waals surface area contributed by atoms with E-state index in [9.17, 15) is 9.59 Å². The summed E-state index contributed by atoms with van der Waals surface area (Å²) in [7, 11) is 0. The van der Waals surface area contributed by atoms with E-state index in [1.807, 2.05) is 17.0 Å². The lowest BCUT2D eigenvalue weighted by Crippen LogP contribution is -2.41. The van der Waals surface area contributed by atoms with E-state index in [1.165, 1.54) is 0 Å². The van der Waals surface area contributed by atoms with Gasteiger partial charge in [0.05, 0.1) is 11.7 Å². The third kappa shape index (κ3) is 2.48. The van der Waals surface area contributed by atoms with Crippen molar-refractivity contribution in [3.05, 3.63) is 51.2 Å². The van der Waals surface area contributed by atoms with Crippen LogP contribution in [-0.2, 0) is 12.8 Å². The molecule has 1 atom stereocenters. The number of carbonyl (C=O) groups is 1. The van der Waals surface area contributed by atoms with Gasteiger partial charge in [-0.1, -0.05) is 0 Å². The predicted molar refractivity (Wildman–Crippen MR) is 85.3 cm³/mol. The van der Waals surface area contributed by atoms with Crippen LogP contribution in [0.25, 0.3) is 0 Å². The Balaban J connectivity index is 1.69. The number of carbonyl (C=O) groups excluding carboxylic acids is 1. The highest BCUT2D eigenvalue weighted by Gasteiger charge is 2.31. The smallest absolute Gasteiger partial charge is 0.261 e. The van der Waals surface area contributed by atoms with Crippen LogP contribution in [0.1, 0.15) is 59.0 Å². The molecule has 2 aliphatic rings. The maximum absolute atomic E-state index is 13.0. The Morgan fingerprint density at radius 2 is 2.17 bits per heavy atom. The summed E-state index contributed by atoms with van der Waals surface area (Å²) < 4.78 is 0. The molecule has 0 aromatic carbocycles. The van der Waals surface area contributed by atoms with Gasteiger partial charge in [-0.2, -0.15) is 5.10 Å². The Kier molecular flexibility index (Phi) is 3.52. The first-order valence-electron chi connectivity index (χ1n) is 8.29. The molecule has 1 amide bonds. The van der Waals surface area contributed by atoms with Crippen molar-refractivity contribution >= 4 is 5.91 Å². The minimum atomic E-state index is -0.260. The molecule has 1 saturated heterocycles. The summed E-state index contributed by atoms with van der Waals surface area (Å²) in [5.41, 5.74) is 3.07. The molecule has 1 aliphatic heterocycles. The molecule has 0 bridgehead atoms. The summed E-state index contributed by atoms with van der Waals surface area (Å²) in [6, 6.07) is 3.69. The molecule has 6 heteroatoms. The lowest BCUT2D eigenvalue weighted by atomic mass is 9.98. The number of hydrogen-bond acceptors (Lipinski definition) is 3. The van der Waals surface area contributed by atoms with Crippen LogP contribution in [-0.4, -0.2) is 32.5 Å². The summed E-state index contributed by atoms with van der Waals surface area (Å²) in [6.45, 7) is 0.680. The van der Waals surface area contributed by atoms with E-state index in [1.54, 1.807) is 6.20 Å². The summed E-state index contributed by atoms with van der Waals surface area (Å²) in [5.74, 6) is -0.166. The highest BCUT2D eigenvalue weighted by molar-refractivity contribution is 5.94. The quantitative estimate of drug-likeness (QED) is 0.889. The largest absolute Gasteiger partial charge is 0.330 e. The molecule has 2 aromatic heterocycles. The third-order valence-electron chi connectivity index (χ3n) is 4.96. The fourth-order valence-corrected chi connectivity index (χ4v) is 3.78. The normalized spacial score (nSPS) is 20.5. The Hall–Kier alpha value is -2.37. The van der Waals surface area contributed by atoms with Gasteiger partial charge >= 0.3 is 0 Å². The van der Waals surface area contributed by atoms with Gasteiger partial charge in [-0.05, 0) is 56.2 Å². The number of piperidine rings is 1. The van der Waals surface area contributed by atoms with Gasteiger partial charge in [-0.15, -0.1) is 0 Å².